The molecule has 0 heterocycles. The molecular formula is C5H13OSi. The van der Waals surface area contributed by atoms with E-state index in [0.29, 0.717) is 6.10 Å². The first-order valence-electron chi connectivity index (χ1n) is 2.74. The summed E-state index contributed by atoms with van der Waals surface area (Å²) in [5, 5.41) is 0. The first kappa shape index (κ1) is 7.18. The maximum absolute atomic E-state index is 5.13. The van der Waals surface area contributed by atoms with Crippen molar-refractivity contribution >= 4 is 10.2 Å². The Hall–Kier alpha value is 0.177. The normalized spacial score (nSPS) is 14.6. The first-order valence-corrected chi connectivity index (χ1v) is 3.90. The highest BCUT2D eigenvalue weighted by Crippen LogP contribution is 1.94. The molecule has 0 saturated heterocycles. The molecule has 0 rings (SSSR count). The van der Waals surface area contributed by atoms with Crippen LogP contribution in [0.2, 0.25) is 0 Å². The van der Waals surface area contributed by atoms with Gasteiger partial charge in [0.1, 0.15) is 0 Å². The molecule has 1 nitrogen and oxygen atoms in total. The second-order valence-corrected chi connectivity index (χ2v) is 2.06. The fourth-order valence-corrected chi connectivity index (χ4v) is 0.793. The zero-order valence-corrected chi connectivity index (χ0v) is 7.27. The van der Waals surface area contributed by atoms with Gasteiger partial charge in [-0.3, -0.25) is 0 Å². The predicted molar refractivity (Wildman–Crippen MR) is 35.1 cm³/mol. The second-order valence-electron chi connectivity index (χ2n) is 1.59. The predicted octanol–water partition coefficient (Wildman–Crippen LogP) is 0.286. The van der Waals surface area contributed by atoms with E-state index in [1.54, 1.807) is 0 Å². The quantitative estimate of drug-likeness (QED) is 0.483. The second kappa shape index (κ2) is 4.34. The lowest BCUT2D eigenvalue weighted by Crippen LogP contribution is -2.02. The van der Waals surface area contributed by atoms with Crippen molar-refractivity contribution in [3.63, 3.8) is 0 Å². The monoisotopic (exact) mass is 117 g/mol. The molecule has 0 saturated carbocycles. The molecule has 0 aromatic heterocycles. The summed E-state index contributed by atoms with van der Waals surface area (Å²) in [7, 11) is 1.04. The highest BCUT2D eigenvalue weighted by atomic mass is 28.1. The fraction of sp³-hybridized carbons (Fsp3) is 0.800. The summed E-state index contributed by atoms with van der Waals surface area (Å²) in [6, 6.07) is 0. The van der Waals surface area contributed by atoms with E-state index >= 15 is 0 Å². The minimum absolute atomic E-state index is 0.428. The van der Waals surface area contributed by atoms with E-state index in [1.807, 2.05) is 6.23 Å². The Kier molecular flexibility index (Phi) is 4.45. The van der Waals surface area contributed by atoms with Gasteiger partial charge in [0.05, 0.1) is 12.3 Å². The van der Waals surface area contributed by atoms with Gasteiger partial charge in [-0.25, -0.2) is 0 Å². The lowest BCUT2D eigenvalue weighted by Gasteiger charge is -2.05. The molecule has 7 heavy (non-hydrogen) atoms. The largest absolute Gasteiger partial charge is 0.377 e. The van der Waals surface area contributed by atoms with E-state index in [9.17, 15) is 0 Å². The summed E-state index contributed by atoms with van der Waals surface area (Å²) in [4.78, 5) is 0. The van der Waals surface area contributed by atoms with Crippen LogP contribution in [0.4, 0.5) is 0 Å². The van der Waals surface area contributed by atoms with Crippen molar-refractivity contribution in [3.8, 4) is 0 Å². The zero-order chi connectivity index (χ0) is 5.70. The first-order chi connectivity index (χ1) is 3.31. The van der Waals surface area contributed by atoms with Crippen LogP contribution in [0.25, 0.3) is 0 Å². The number of hydrogen-bond donors (Lipinski definition) is 0. The minimum Gasteiger partial charge on any atom is -0.377 e. The third-order valence-corrected chi connectivity index (χ3v) is 1.22. The van der Waals surface area contributed by atoms with Crippen LogP contribution in [0.5, 0.6) is 0 Å². The van der Waals surface area contributed by atoms with Crippen LogP contribution in [0, 0.1) is 6.23 Å². The van der Waals surface area contributed by atoms with E-state index in [0.717, 1.165) is 16.7 Å². The highest BCUT2D eigenvalue weighted by molar-refractivity contribution is 6.13. The zero-order valence-electron chi connectivity index (χ0n) is 5.27. The van der Waals surface area contributed by atoms with Crippen LogP contribution in [0.15, 0.2) is 0 Å². The van der Waals surface area contributed by atoms with Gasteiger partial charge in [-0.05, 0) is 13.3 Å². The summed E-state index contributed by atoms with van der Waals surface area (Å²) >= 11 is 0. The topological polar surface area (TPSA) is 9.23 Å². The van der Waals surface area contributed by atoms with E-state index in [4.69, 9.17) is 4.74 Å². The van der Waals surface area contributed by atoms with Crippen LogP contribution < -0.4 is 0 Å². The maximum Gasteiger partial charge on any atom is 0.0604 e. The summed E-state index contributed by atoms with van der Waals surface area (Å²) in [6.07, 6.45) is 3.41. The van der Waals surface area contributed by atoms with Gasteiger partial charge in [-0.15, -0.1) is 0 Å². The molecule has 43 valence electrons. The van der Waals surface area contributed by atoms with Crippen molar-refractivity contribution in [3.05, 3.63) is 6.23 Å². The van der Waals surface area contributed by atoms with Crippen LogP contribution in [-0.2, 0) is 4.74 Å². The maximum atomic E-state index is 5.13. The Morgan fingerprint density at radius 2 is 2.43 bits per heavy atom. The standard InChI is InChI=1S/C5H13OSi/c1-3-5(2)6-4-7/h4-5H,3H2,1-2,7H3. The van der Waals surface area contributed by atoms with Gasteiger partial charge >= 0.3 is 0 Å². The molecule has 0 spiro atoms. The molecule has 0 aromatic rings. The van der Waals surface area contributed by atoms with Gasteiger partial charge in [-0.2, -0.15) is 0 Å². The molecule has 1 radical (unpaired) electrons. The van der Waals surface area contributed by atoms with Crippen LogP contribution in [-0.4, -0.2) is 16.3 Å². The smallest absolute Gasteiger partial charge is 0.0604 e. The third kappa shape index (κ3) is 4.02. The molecule has 0 aliphatic carbocycles. The van der Waals surface area contributed by atoms with Gasteiger partial charge < -0.3 is 4.74 Å². The van der Waals surface area contributed by atoms with E-state index in [2.05, 4.69) is 13.8 Å². The summed E-state index contributed by atoms with van der Waals surface area (Å²) < 4.78 is 5.13. The summed E-state index contributed by atoms with van der Waals surface area (Å²) in [6.45, 7) is 4.20. The van der Waals surface area contributed by atoms with Crippen molar-refractivity contribution in [1.82, 2.24) is 0 Å². The molecule has 0 fully saturated rings. The molecule has 0 amide bonds. The lowest BCUT2D eigenvalue weighted by molar-refractivity contribution is 0.140. The van der Waals surface area contributed by atoms with Crippen LogP contribution in [0.1, 0.15) is 20.3 Å². The minimum atomic E-state index is 0.428. The molecule has 0 bridgehead atoms. The molecule has 0 aliphatic heterocycles. The van der Waals surface area contributed by atoms with Crippen LogP contribution >= 0.6 is 0 Å². The van der Waals surface area contributed by atoms with Crippen molar-refractivity contribution < 1.29 is 4.74 Å². The number of hydrogen-bond acceptors (Lipinski definition) is 1. The Balaban J connectivity index is 2.83. The van der Waals surface area contributed by atoms with Gasteiger partial charge in [-0.1, -0.05) is 6.92 Å². The summed E-state index contributed by atoms with van der Waals surface area (Å²) in [5.74, 6) is 0. The Labute approximate surface area is 48.5 Å². The van der Waals surface area contributed by atoms with E-state index in [-0.39, 0.29) is 0 Å². The molecule has 0 aliphatic rings. The Morgan fingerprint density at radius 1 is 1.86 bits per heavy atom. The number of rotatable bonds is 3. The molecule has 1 atom stereocenters. The van der Waals surface area contributed by atoms with E-state index < -0.39 is 0 Å². The molecule has 0 N–H and O–H groups in total. The van der Waals surface area contributed by atoms with Crippen molar-refractivity contribution in [2.75, 3.05) is 0 Å². The van der Waals surface area contributed by atoms with Gasteiger partial charge in [0.2, 0.25) is 0 Å². The molecular weight excluding hydrogens is 104 g/mol. The van der Waals surface area contributed by atoms with Crippen molar-refractivity contribution in [2.45, 2.75) is 26.4 Å². The average molecular weight is 117 g/mol. The van der Waals surface area contributed by atoms with Crippen molar-refractivity contribution in [2.24, 2.45) is 0 Å². The van der Waals surface area contributed by atoms with Gasteiger partial charge in [0.25, 0.3) is 0 Å². The highest BCUT2D eigenvalue weighted by Gasteiger charge is 1.92. The molecule has 1 unspecified atom stereocenters. The van der Waals surface area contributed by atoms with Gasteiger partial charge in [0, 0.05) is 10.2 Å². The van der Waals surface area contributed by atoms with Gasteiger partial charge in [0.15, 0.2) is 0 Å². The third-order valence-electron chi connectivity index (χ3n) is 0.943. The van der Waals surface area contributed by atoms with E-state index in [1.165, 1.54) is 0 Å². The number of ether oxygens (including phenoxy) is 1. The SMILES string of the molecule is CCC(C)O[CH][SiH3]. The summed E-state index contributed by atoms with van der Waals surface area (Å²) in [5.41, 5.74) is 0. The fourth-order valence-electron chi connectivity index (χ4n) is 0.329. The van der Waals surface area contributed by atoms with Crippen molar-refractivity contribution in [1.29, 1.82) is 0 Å². The van der Waals surface area contributed by atoms with Crippen LogP contribution in [0.3, 0.4) is 0 Å². The average Bonchev–Trinajstić information content (AvgIpc) is 1.68. The molecule has 0 aromatic carbocycles. The Morgan fingerprint density at radius 3 is 2.57 bits per heavy atom. The lowest BCUT2D eigenvalue weighted by atomic mass is 10.3. The molecule has 2 heteroatoms. The Bertz CT molecular complexity index is 39.1.